The van der Waals surface area contributed by atoms with E-state index in [1.165, 1.54) is 11.1 Å². The van der Waals surface area contributed by atoms with Crippen molar-refractivity contribution in [3.05, 3.63) is 83.8 Å². The number of nitrogens with zero attached hydrogens (tertiary/aromatic N) is 5. The second-order valence-corrected chi connectivity index (χ2v) is 7.84. The maximum absolute atomic E-state index is 13.1. The molecular weight excluding hydrogens is 374 g/mol. The lowest BCUT2D eigenvalue weighted by Gasteiger charge is -2.36. The zero-order valence-electron chi connectivity index (χ0n) is 16.9. The van der Waals surface area contributed by atoms with Crippen molar-refractivity contribution in [3.8, 4) is 0 Å². The monoisotopic (exact) mass is 399 g/mol. The molecule has 2 aliphatic heterocycles. The van der Waals surface area contributed by atoms with Gasteiger partial charge in [0.05, 0.1) is 17.4 Å². The predicted molar refractivity (Wildman–Crippen MR) is 118 cm³/mol. The molecule has 2 aliphatic rings. The number of hydrogen-bond donors (Lipinski definition) is 0. The first-order chi connectivity index (χ1) is 14.8. The largest absolute Gasteiger partial charge is 0.367 e. The predicted octanol–water partition coefficient (Wildman–Crippen LogP) is 3.00. The van der Waals surface area contributed by atoms with Gasteiger partial charge in [-0.2, -0.15) is 0 Å². The number of anilines is 2. The molecule has 30 heavy (non-hydrogen) atoms. The van der Waals surface area contributed by atoms with E-state index >= 15 is 0 Å². The van der Waals surface area contributed by atoms with Gasteiger partial charge in [0.1, 0.15) is 5.82 Å². The number of aromatic nitrogens is 2. The summed E-state index contributed by atoms with van der Waals surface area (Å²) in [5, 5.41) is 0. The Bertz CT molecular complexity index is 1030. The SMILES string of the molecule is O=C(c1cncc(N2CCN(c3ccccn3)CC2)c1)N1CCc2ccccc2C1. The Labute approximate surface area is 176 Å². The van der Waals surface area contributed by atoms with E-state index in [1.807, 2.05) is 47.6 Å². The van der Waals surface area contributed by atoms with Crippen LogP contribution in [0, 0.1) is 0 Å². The van der Waals surface area contributed by atoms with E-state index < -0.39 is 0 Å². The van der Waals surface area contributed by atoms with Crippen LogP contribution in [-0.2, 0) is 13.0 Å². The summed E-state index contributed by atoms with van der Waals surface area (Å²) in [5.41, 5.74) is 4.27. The van der Waals surface area contributed by atoms with Crippen LogP contribution in [0.3, 0.4) is 0 Å². The van der Waals surface area contributed by atoms with E-state index in [2.05, 4.69) is 38.0 Å². The first-order valence-corrected chi connectivity index (χ1v) is 10.5. The van der Waals surface area contributed by atoms with Crippen LogP contribution in [0.4, 0.5) is 11.5 Å². The first kappa shape index (κ1) is 18.6. The van der Waals surface area contributed by atoms with E-state index in [1.54, 1.807) is 6.20 Å². The van der Waals surface area contributed by atoms with Gasteiger partial charge in [0.2, 0.25) is 0 Å². The van der Waals surface area contributed by atoms with Crippen molar-refractivity contribution < 1.29 is 4.79 Å². The fourth-order valence-electron chi connectivity index (χ4n) is 4.30. The summed E-state index contributed by atoms with van der Waals surface area (Å²) in [6.07, 6.45) is 6.29. The first-order valence-electron chi connectivity index (χ1n) is 10.5. The van der Waals surface area contributed by atoms with Crippen molar-refractivity contribution >= 4 is 17.4 Å². The fraction of sp³-hybridized carbons (Fsp3) is 0.292. The van der Waals surface area contributed by atoms with E-state index in [0.717, 1.165) is 50.6 Å². The molecule has 0 unspecified atom stereocenters. The summed E-state index contributed by atoms with van der Waals surface area (Å²) in [5.74, 6) is 1.08. The van der Waals surface area contributed by atoms with Crippen LogP contribution in [0.1, 0.15) is 21.5 Å². The van der Waals surface area contributed by atoms with Gasteiger partial charge >= 0.3 is 0 Å². The van der Waals surface area contributed by atoms with Gasteiger partial charge in [0.15, 0.2) is 0 Å². The average Bonchev–Trinajstić information content (AvgIpc) is 2.84. The van der Waals surface area contributed by atoms with Crippen molar-refractivity contribution in [1.29, 1.82) is 0 Å². The maximum atomic E-state index is 13.1. The molecule has 1 saturated heterocycles. The molecule has 1 amide bonds. The van der Waals surface area contributed by atoms with Gasteiger partial charge in [-0.1, -0.05) is 30.3 Å². The number of rotatable bonds is 3. The zero-order valence-corrected chi connectivity index (χ0v) is 16.9. The Morgan fingerprint density at radius 1 is 0.833 bits per heavy atom. The number of hydrogen-bond acceptors (Lipinski definition) is 5. The second kappa shape index (κ2) is 8.14. The number of fused-ring (bicyclic) bond motifs is 1. The number of carbonyl (C=O) groups excluding carboxylic acids is 1. The van der Waals surface area contributed by atoms with E-state index in [4.69, 9.17) is 0 Å². The van der Waals surface area contributed by atoms with Gasteiger partial charge in [-0.05, 0) is 35.7 Å². The molecule has 0 N–H and O–H groups in total. The third-order valence-corrected chi connectivity index (χ3v) is 6.01. The van der Waals surface area contributed by atoms with Crippen molar-refractivity contribution in [1.82, 2.24) is 14.9 Å². The zero-order chi connectivity index (χ0) is 20.3. The van der Waals surface area contributed by atoms with Crippen molar-refractivity contribution in [3.63, 3.8) is 0 Å². The van der Waals surface area contributed by atoms with Crippen LogP contribution < -0.4 is 9.80 Å². The average molecular weight is 399 g/mol. The van der Waals surface area contributed by atoms with Crippen LogP contribution in [0.2, 0.25) is 0 Å². The van der Waals surface area contributed by atoms with Crippen LogP contribution in [0.25, 0.3) is 0 Å². The molecule has 0 radical (unpaired) electrons. The van der Waals surface area contributed by atoms with E-state index in [-0.39, 0.29) is 5.91 Å². The van der Waals surface area contributed by atoms with Gasteiger partial charge < -0.3 is 14.7 Å². The van der Waals surface area contributed by atoms with Crippen LogP contribution >= 0.6 is 0 Å². The summed E-state index contributed by atoms with van der Waals surface area (Å²) in [6, 6.07) is 16.4. The maximum Gasteiger partial charge on any atom is 0.255 e. The Morgan fingerprint density at radius 2 is 1.60 bits per heavy atom. The molecule has 0 aliphatic carbocycles. The molecule has 0 spiro atoms. The minimum Gasteiger partial charge on any atom is -0.367 e. The van der Waals surface area contributed by atoms with Crippen molar-refractivity contribution in [2.75, 3.05) is 42.5 Å². The highest BCUT2D eigenvalue weighted by Gasteiger charge is 2.23. The third-order valence-electron chi connectivity index (χ3n) is 6.01. The standard InChI is InChI=1S/C24H25N5O/c30-24(29-10-8-19-5-1-2-6-20(19)18-29)21-15-22(17-25-16-21)27-11-13-28(14-12-27)23-7-3-4-9-26-23/h1-7,9,15-17H,8,10-14,18H2. The van der Waals surface area contributed by atoms with Gasteiger partial charge in [-0.15, -0.1) is 0 Å². The molecule has 152 valence electrons. The lowest BCUT2D eigenvalue weighted by Crippen LogP contribution is -2.47. The summed E-state index contributed by atoms with van der Waals surface area (Å²) in [4.78, 5) is 28.5. The highest BCUT2D eigenvalue weighted by molar-refractivity contribution is 5.95. The Hall–Kier alpha value is -3.41. The van der Waals surface area contributed by atoms with E-state index in [9.17, 15) is 4.79 Å². The van der Waals surface area contributed by atoms with Gasteiger partial charge in [0, 0.05) is 51.7 Å². The van der Waals surface area contributed by atoms with Gasteiger partial charge in [-0.25, -0.2) is 4.98 Å². The molecule has 6 nitrogen and oxygen atoms in total. The minimum atomic E-state index is 0.0611. The molecule has 4 heterocycles. The smallest absolute Gasteiger partial charge is 0.255 e. The number of piperazine rings is 1. The molecule has 3 aromatic rings. The molecule has 0 atom stereocenters. The number of amides is 1. The summed E-state index contributed by atoms with van der Waals surface area (Å²) in [6.45, 7) is 4.99. The third kappa shape index (κ3) is 3.73. The highest BCUT2D eigenvalue weighted by atomic mass is 16.2. The topological polar surface area (TPSA) is 52.6 Å². The lowest BCUT2D eigenvalue weighted by molar-refractivity contribution is 0.0734. The summed E-state index contributed by atoms with van der Waals surface area (Å²) in [7, 11) is 0. The molecule has 0 bridgehead atoms. The van der Waals surface area contributed by atoms with Gasteiger partial charge in [-0.3, -0.25) is 9.78 Å². The molecule has 2 aromatic heterocycles. The second-order valence-electron chi connectivity index (χ2n) is 7.84. The van der Waals surface area contributed by atoms with Crippen LogP contribution in [-0.4, -0.2) is 53.5 Å². The summed E-state index contributed by atoms with van der Waals surface area (Å²) >= 11 is 0. The lowest BCUT2D eigenvalue weighted by atomic mass is 9.99. The molecule has 1 fully saturated rings. The molecule has 6 heteroatoms. The fourth-order valence-corrected chi connectivity index (χ4v) is 4.30. The highest BCUT2D eigenvalue weighted by Crippen LogP contribution is 2.23. The van der Waals surface area contributed by atoms with Crippen molar-refractivity contribution in [2.45, 2.75) is 13.0 Å². The Morgan fingerprint density at radius 3 is 2.40 bits per heavy atom. The van der Waals surface area contributed by atoms with Crippen molar-refractivity contribution in [2.24, 2.45) is 0 Å². The van der Waals surface area contributed by atoms with E-state index in [0.29, 0.717) is 12.1 Å². The normalized spacial score (nSPS) is 16.3. The van der Waals surface area contributed by atoms with Gasteiger partial charge in [0.25, 0.3) is 5.91 Å². The minimum absolute atomic E-state index is 0.0611. The Balaban J connectivity index is 1.26. The number of benzene rings is 1. The van der Waals surface area contributed by atoms with Crippen LogP contribution in [0.15, 0.2) is 67.1 Å². The van der Waals surface area contributed by atoms with Crippen LogP contribution in [0.5, 0.6) is 0 Å². The molecular formula is C24H25N5O. The quantitative estimate of drug-likeness (QED) is 0.678. The molecule has 1 aromatic carbocycles. The molecule has 0 saturated carbocycles. The number of pyridine rings is 2. The Kier molecular flexibility index (Phi) is 5.05. The summed E-state index contributed by atoms with van der Waals surface area (Å²) < 4.78 is 0. The molecule has 5 rings (SSSR count). The number of carbonyl (C=O) groups is 1.